The summed E-state index contributed by atoms with van der Waals surface area (Å²) >= 11 is 0. The van der Waals surface area contributed by atoms with Gasteiger partial charge in [0, 0.05) is 24.2 Å². The first-order valence-corrected chi connectivity index (χ1v) is 11.1. The highest BCUT2D eigenvalue weighted by Crippen LogP contribution is 2.18. The first-order valence-electron chi connectivity index (χ1n) is 11.1. The molecule has 0 atom stereocenters. The molecule has 0 aromatic heterocycles. The number of hydrogen-bond acceptors (Lipinski definition) is 1. The molecule has 2 N–H and O–H groups in total. The highest BCUT2D eigenvalue weighted by Gasteiger charge is 2.22. The molecule has 0 radical (unpaired) electrons. The summed E-state index contributed by atoms with van der Waals surface area (Å²) in [5, 5.41) is 2.15. The zero-order valence-electron chi connectivity index (χ0n) is 18.2. The van der Waals surface area contributed by atoms with Gasteiger partial charge in [-0.15, -0.1) is 0 Å². The van der Waals surface area contributed by atoms with Crippen molar-refractivity contribution >= 4 is 5.91 Å². The summed E-state index contributed by atoms with van der Waals surface area (Å²) in [4.78, 5) is 15.4. The molecule has 0 spiro atoms. The molecule has 4 aromatic carbocycles. The summed E-state index contributed by atoms with van der Waals surface area (Å²) in [5.41, 5.74) is 4.67. The normalized spacial score (nSPS) is 10.8. The van der Waals surface area contributed by atoms with Gasteiger partial charge < -0.3 is 10.2 Å². The number of quaternary nitrogens is 1. The highest BCUT2D eigenvalue weighted by atomic mass is 16.2. The van der Waals surface area contributed by atoms with Gasteiger partial charge in [0.1, 0.15) is 6.04 Å². The van der Waals surface area contributed by atoms with Crippen LogP contribution in [0.5, 0.6) is 0 Å². The molecule has 0 fully saturated rings. The number of benzene rings is 4. The van der Waals surface area contributed by atoms with Gasteiger partial charge in [-0.05, 0) is 11.1 Å². The van der Waals surface area contributed by atoms with Gasteiger partial charge in [-0.1, -0.05) is 121 Å². The van der Waals surface area contributed by atoms with Crippen LogP contribution in [0.25, 0.3) is 0 Å². The van der Waals surface area contributed by atoms with Gasteiger partial charge >= 0.3 is 0 Å². The van der Waals surface area contributed by atoms with Crippen molar-refractivity contribution < 1.29 is 10.1 Å². The Kier molecular flexibility index (Phi) is 7.46. The SMILES string of the molecule is O=C(C[NH2+]C(c1ccccc1)c1ccccc1)N(Cc1ccccc1)Cc1ccccc1. The van der Waals surface area contributed by atoms with Crippen LogP contribution in [-0.2, 0) is 17.9 Å². The minimum absolute atomic E-state index is 0.0802. The number of carbonyl (C=O) groups excluding carboxylic acids is 1. The van der Waals surface area contributed by atoms with Crippen LogP contribution in [0.3, 0.4) is 0 Å². The maximum Gasteiger partial charge on any atom is 0.278 e. The average molecular weight is 422 g/mol. The zero-order chi connectivity index (χ0) is 22.0. The Labute approximate surface area is 190 Å². The molecular weight excluding hydrogens is 392 g/mol. The molecule has 0 heterocycles. The van der Waals surface area contributed by atoms with Crippen LogP contribution >= 0.6 is 0 Å². The molecule has 32 heavy (non-hydrogen) atoms. The van der Waals surface area contributed by atoms with Crippen molar-refractivity contribution in [2.75, 3.05) is 6.54 Å². The summed E-state index contributed by atoms with van der Waals surface area (Å²) in [6, 6.07) is 41.3. The molecule has 4 aromatic rings. The van der Waals surface area contributed by atoms with Gasteiger partial charge in [-0.2, -0.15) is 0 Å². The molecule has 3 heteroatoms. The van der Waals surface area contributed by atoms with Crippen molar-refractivity contribution in [2.24, 2.45) is 0 Å². The number of rotatable bonds is 9. The number of hydrogen-bond donors (Lipinski definition) is 1. The van der Waals surface area contributed by atoms with Gasteiger partial charge in [0.05, 0.1) is 0 Å². The van der Waals surface area contributed by atoms with Crippen molar-refractivity contribution in [2.45, 2.75) is 19.1 Å². The van der Waals surface area contributed by atoms with E-state index in [-0.39, 0.29) is 11.9 Å². The van der Waals surface area contributed by atoms with Crippen molar-refractivity contribution in [1.82, 2.24) is 4.90 Å². The highest BCUT2D eigenvalue weighted by molar-refractivity contribution is 5.77. The van der Waals surface area contributed by atoms with Crippen molar-refractivity contribution in [3.05, 3.63) is 144 Å². The summed E-state index contributed by atoms with van der Waals surface area (Å²) in [6.07, 6.45) is 0. The van der Waals surface area contributed by atoms with E-state index in [0.29, 0.717) is 19.6 Å². The number of carbonyl (C=O) groups is 1. The third-order valence-corrected chi connectivity index (χ3v) is 5.63. The lowest BCUT2D eigenvalue weighted by Gasteiger charge is -2.24. The third-order valence-electron chi connectivity index (χ3n) is 5.63. The molecule has 1 amide bonds. The van der Waals surface area contributed by atoms with Gasteiger partial charge in [0.25, 0.3) is 5.91 Å². The second-order valence-electron chi connectivity index (χ2n) is 7.96. The Morgan fingerprint density at radius 1 is 0.594 bits per heavy atom. The monoisotopic (exact) mass is 421 g/mol. The van der Waals surface area contributed by atoms with E-state index in [2.05, 4.69) is 78.1 Å². The number of nitrogens with zero attached hydrogens (tertiary/aromatic N) is 1. The van der Waals surface area contributed by atoms with E-state index in [9.17, 15) is 4.79 Å². The molecular formula is C29H29N2O+. The fourth-order valence-electron chi connectivity index (χ4n) is 3.97. The fourth-order valence-corrected chi connectivity index (χ4v) is 3.97. The van der Waals surface area contributed by atoms with Crippen molar-refractivity contribution in [1.29, 1.82) is 0 Å². The maximum atomic E-state index is 13.4. The Hall–Kier alpha value is -3.69. The summed E-state index contributed by atoms with van der Waals surface area (Å²) < 4.78 is 0. The molecule has 0 unspecified atom stereocenters. The van der Waals surface area contributed by atoms with Gasteiger partial charge in [0.15, 0.2) is 6.54 Å². The Bertz CT molecular complexity index is 1000. The molecule has 0 aliphatic carbocycles. The topological polar surface area (TPSA) is 36.9 Å². The molecule has 160 valence electrons. The number of amides is 1. The fraction of sp³-hybridized carbons (Fsp3) is 0.138. The minimum atomic E-state index is 0.0802. The van der Waals surface area contributed by atoms with Crippen LogP contribution in [0.1, 0.15) is 28.3 Å². The lowest BCUT2D eigenvalue weighted by Crippen LogP contribution is -2.87. The Morgan fingerprint density at radius 2 is 0.969 bits per heavy atom. The predicted octanol–water partition coefficient (Wildman–Crippen LogP) is 4.57. The lowest BCUT2D eigenvalue weighted by atomic mass is 9.99. The third kappa shape index (κ3) is 5.93. The van der Waals surface area contributed by atoms with Crippen LogP contribution in [0.4, 0.5) is 0 Å². The summed E-state index contributed by atoms with van der Waals surface area (Å²) in [6.45, 7) is 1.58. The van der Waals surface area contributed by atoms with E-state index in [1.807, 2.05) is 53.4 Å². The molecule has 3 nitrogen and oxygen atoms in total. The van der Waals surface area contributed by atoms with Crippen molar-refractivity contribution in [3.8, 4) is 0 Å². The molecule has 0 aliphatic rings. The molecule has 0 aliphatic heterocycles. The number of nitrogens with two attached hydrogens (primary N) is 1. The van der Waals surface area contributed by atoms with E-state index >= 15 is 0 Å². The van der Waals surface area contributed by atoms with Crippen LogP contribution in [-0.4, -0.2) is 17.4 Å². The maximum absolute atomic E-state index is 13.4. The first kappa shape index (κ1) is 21.5. The van der Waals surface area contributed by atoms with Gasteiger partial charge in [-0.3, -0.25) is 4.79 Å². The van der Waals surface area contributed by atoms with E-state index in [1.54, 1.807) is 0 Å². The van der Waals surface area contributed by atoms with Crippen LogP contribution in [0.15, 0.2) is 121 Å². The second-order valence-corrected chi connectivity index (χ2v) is 7.96. The molecule has 0 bridgehead atoms. The standard InChI is InChI=1S/C29H28N2O/c32-28(21-30-29(26-17-9-3-10-18-26)27-19-11-4-12-20-27)31(22-24-13-5-1-6-14-24)23-25-15-7-2-8-16-25/h1-20,29-30H,21-23H2/p+1. The van der Waals surface area contributed by atoms with Crippen LogP contribution < -0.4 is 5.32 Å². The Morgan fingerprint density at radius 3 is 1.38 bits per heavy atom. The molecule has 4 rings (SSSR count). The van der Waals surface area contributed by atoms with Crippen molar-refractivity contribution in [3.63, 3.8) is 0 Å². The predicted molar refractivity (Wildman–Crippen MR) is 129 cm³/mol. The second kappa shape index (κ2) is 11.1. The molecule has 0 saturated heterocycles. The smallest absolute Gasteiger partial charge is 0.278 e. The lowest BCUT2D eigenvalue weighted by molar-refractivity contribution is -0.677. The summed E-state index contributed by atoms with van der Waals surface area (Å²) in [5.74, 6) is 0.134. The van der Waals surface area contributed by atoms with Crippen LogP contribution in [0, 0.1) is 0 Å². The van der Waals surface area contributed by atoms with E-state index in [0.717, 1.165) is 11.1 Å². The molecule has 0 saturated carbocycles. The van der Waals surface area contributed by atoms with Gasteiger partial charge in [0.2, 0.25) is 0 Å². The average Bonchev–Trinajstić information content (AvgIpc) is 2.86. The first-order chi connectivity index (χ1) is 15.8. The van der Waals surface area contributed by atoms with Crippen LogP contribution in [0.2, 0.25) is 0 Å². The minimum Gasteiger partial charge on any atom is -0.329 e. The van der Waals surface area contributed by atoms with E-state index < -0.39 is 0 Å². The quantitative estimate of drug-likeness (QED) is 0.422. The van der Waals surface area contributed by atoms with Gasteiger partial charge in [-0.25, -0.2) is 0 Å². The summed E-state index contributed by atoms with van der Waals surface area (Å²) in [7, 11) is 0. The Balaban J connectivity index is 1.52. The van der Waals surface area contributed by atoms with E-state index in [4.69, 9.17) is 0 Å². The zero-order valence-corrected chi connectivity index (χ0v) is 18.2. The van der Waals surface area contributed by atoms with E-state index in [1.165, 1.54) is 11.1 Å². The largest absolute Gasteiger partial charge is 0.329 e.